The first-order chi connectivity index (χ1) is 24.3. The van der Waals surface area contributed by atoms with Crippen LogP contribution in [-0.2, 0) is 34.8 Å². The lowest BCUT2D eigenvalue weighted by Crippen LogP contribution is -2.44. The molecule has 0 aliphatic heterocycles. The van der Waals surface area contributed by atoms with E-state index in [4.69, 9.17) is 60.9 Å². The van der Waals surface area contributed by atoms with Crippen molar-refractivity contribution in [1.29, 1.82) is 0 Å². The molecule has 0 bridgehead atoms. The molecule has 0 N–H and O–H groups in total. The molecule has 5 rings (SSSR count). The third-order valence-electron chi connectivity index (χ3n) is 9.61. The molecule has 4 aromatic rings. The average Bonchev–Trinajstić information content (AvgIpc) is 3.74. The van der Waals surface area contributed by atoms with Gasteiger partial charge in [0, 0.05) is 52.0 Å². The molecule has 2 aromatic heterocycles. The van der Waals surface area contributed by atoms with Crippen molar-refractivity contribution in [3.8, 4) is 0 Å². The van der Waals surface area contributed by atoms with Gasteiger partial charge in [-0.3, -0.25) is 0 Å². The second kappa shape index (κ2) is 19.3. The fourth-order valence-electron chi connectivity index (χ4n) is 7.02. The van der Waals surface area contributed by atoms with Crippen LogP contribution < -0.4 is 0 Å². The first-order valence-electron chi connectivity index (χ1n) is 17.8. The summed E-state index contributed by atoms with van der Waals surface area (Å²) in [5, 5.41) is 2.19. The third kappa shape index (κ3) is 10.1. The lowest BCUT2D eigenvalue weighted by atomic mass is 9.72. The number of aryl methyl sites for hydroxylation is 2. The Morgan fingerprint density at radius 3 is 1.71 bits per heavy atom. The van der Waals surface area contributed by atoms with Gasteiger partial charge in [0.1, 0.15) is 11.6 Å². The molecule has 12 heteroatoms. The van der Waals surface area contributed by atoms with Crippen molar-refractivity contribution in [1.82, 2.24) is 28.9 Å². The predicted octanol–water partition coefficient (Wildman–Crippen LogP) is 9.48. The van der Waals surface area contributed by atoms with Crippen LogP contribution in [0.1, 0.15) is 74.6 Å². The third-order valence-corrected chi connectivity index (χ3v) is 11.1. The zero-order valence-corrected chi connectivity index (χ0v) is 34.2. The van der Waals surface area contributed by atoms with Crippen LogP contribution in [0.15, 0.2) is 61.2 Å². The number of imidazole rings is 2. The number of hydrogen-bond donors (Lipinski definition) is 0. The number of aromatic nitrogens is 4. The molecule has 0 radical (unpaired) electrons. The van der Waals surface area contributed by atoms with Crippen LogP contribution in [-0.4, -0.2) is 83.4 Å². The maximum Gasteiger partial charge on any atom is 0.153 e. The molecule has 2 unspecified atom stereocenters. The fraction of sp³-hybridized carbons (Fsp3) is 0.538. The van der Waals surface area contributed by atoms with E-state index in [9.17, 15) is 0 Å². The molecule has 1 aliphatic rings. The van der Waals surface area contributed by atoms with Crippen molar-refractivity contribution >= 4 is 46.4 Å². The van der Waals surface area contributed by atoms with Crippen LogP contribution in [0.3, 0.4) is 0 Å². The maximum atomic E-state index is 6.76. The number of benzene rings is 2. The van der Waals surface area contributed by atoms with Gasteiger partial charge in [0.25, 0.3) is 0 Å². The van der Waals surface area contributed by atoms with Crippen LogP contribution >= 0.6 is 46.4 Å². The highest BCUT2D eigenvalue weighted by atomic mass is 35.5. The number of rotatable bonds is 15. The summed E-state index contributed by atoms with van der Waals surface area (Å²) >= 11 is 25.0. The molecule has 280 valence electrons. The number of hydrogen-bond acceptors (Lipinski definition) is 6. The van der Waals surface area contributed by atoms with E-state index in [1.165, 1.54) is 19.3 Å². The fourth-order valence-corrected chi connectivity index (χ4v) is 7.62. The van der Waals surface area contributed by atoms with Gasteiger partial charge in [0.15, 0.2) is 11.2 Å². The molecule has 51 heavy (non-hydrogen) atoms. The van der Waals surface area contributed by atoms with E-state index in [-0.39, 0.29) is 0 Å². The summed E-state index contributed by atoms with van der Waals surface area (Å²) in [6.45, 7) is 5.04. The Balaban J connectivity index is 0.000000230. The van der Waals surface area contributed by atoms with Crippen LogP contribution in [0.25, 0.3) is 0 Å². The highest BCUT2D eigenvalue weighted by Gasteiger charge is 2.47. The molecule has 1 saturated carbocycles. The molecule has 1 fully saturated rings. The molecule has 0 saturated heterocycles. The van der Waals surface area contributed by atoms with E-state index < -0.39 is 11.2 Å². The minimum Gasteiger partial charge on any atom is -0.361 e. The molecule has 2 heterocycles. The summed E-state index contributed by atoms with van der Waals surface area (Å²) in [6.07, 6.45) is 15.3. The summed E-state index contributed by atoms with van der Waals surface area (Å²) in [7, 11) is 12.2. The van der Waals surface area contributed by atoms with E-state index in [1.807, 2.05) is 87.7 Å². The van der Waals surface area contributed by atoms with Gasteiger partial charge in [-0.15, -0.1) is 0 Å². The van der Waals surface area contributed by atoms with Crippen molar-refractivity contribution in [3.63, 3.8) is 0 Å². The summed E-state index contributed by atoms with van der Waals surface area (Å²) in [6, 6.07) is 11.6. The van der Waals surface area contributed by atoms with Gasteiger partial charge in [0.05, 0.1) is 33.3 Å². The summed E-state index contributed by atoms with van der Waals surface area (Å²) in [4.78, 5) is 13.6. The van der Waals surface area contributed by atoms with E-state index >= 15 is 0 Å². The van der Waals surface area contributed by atoms with Gasteiger partial charge in [-0.1, -0.05) is 91.1 Å². The van der Waals surface area contributed by atoms with Gasteiger partial charge in [-0.05, 0) is 88.8 Å². The van der Waals surface area contributed by atoms with Crippen LogP contribution in [0.4, 0.5) is 0 Å². The lowest BCUT2D eigenvalue weighted by molar-refractivity contribution is -0.0828. The van der Waals surface area contributed by atoms with Crippen molar-refractivity contribution in [2.24, 2.45) is 20.0 Å². The minimum atomic E-state index is -0.642. The molecule has 1 aliphatic carbocycles. The first-order valence-corrected chi connectivity index (χ1v) is 19.3. The smallest absolute Gasteiger partial charge is 0.153 e. The van der Waals surface area contributed by atoms with E-state index in [0.29, 0.717) is 39.2 Å². The minimum absolute atomic E-state index is 0.353. The van der Waals surface area contributed by atoms with Crippen LogP contribution in [0.5, 0.6) is 0 Å². The monoisotopic (exact) mass is 778 g/mol. The van der Waals surface area contributed by atoms with Crippen LogP contribution in [0, 0.1) is 5.92 Å². The molecule has 2 atom stereocenters. The Bertz CT molecular complexity index is 1670. The second-order valence-electron chi connectivity index (χ2n) is 13.9. The maximum absolute atomic E-state index is 6.76. The normalized spacial score (nSPS) is 16.2. The molecule has 0 spiro atoms. The molecular formula is C39H54Cl4N6O2. The Kier molecular flexibility index (Phi) is 15.7. The lowest BCUT2D eigenvalue weighted by Gasteiger charge is -2.42. The number of likely N-dealkylation sites (N-methyl/N-ethyl adjacent to an activating group) is 2. The van der Waals surface area contributed by atoms with Crippen molar-refractivity contribution < 1.29 is 9.47 Å². The Morgan fingerprint density at radius 2 is 1.22 bits per heavy atom. The quantitative estimate of drug-likeness (QED) is 0.120. The summed E-state index contributed by atoms with van der Waals surface area (Å²) in [5.74, 6) is 2.17. The zero-order chi connectivity index (χ0) is 37.2. The predicted molar refractivity (Wildman–Crippen MR) is 211 cm³/mol. The Labute approximate surface area is 325 Å². The second-order valence-corrected chi connectivity index (χ2v) is 15.6. The van der Waals surface area contributed by atoms with Gasteiger partial charge >= 0.3 is 0 Å². The standard InChI is InChI=1S/C21H29Cl2N3O.C18H25Cl2N3O/c1-25(2)13-14-27-21(16-7-5-4-6-8-16,20-24-11-12-26(20)3)17-9-10-18(22)19(23)15-17;1-5-8-18(24-12-11-22(2)3,17-21-9-10-23(17)4)14-6-7-15(19)16(20)13-14/h9-12,15-16H,4-8,13-14H2,1-3H3;6-7,9-10,13H,5,8,11-12H2,1-4H3. The van der Waals surface area contributed by atoms with Gasteiger partial charge < -0.3 is 28.4 Å². The largest absolute Gasteiger partial charge is 0.361 e. The van der Waals surface area contributed by atoms with E-state index in [1.54, 1.807) is 6.20 Å². The number of halogens is 4. The highest BCUT2D eigenvalue weighted by Crippen LogP contribution is 2.47. The highest BCUT2D eigenvalue weighted by molar-refractivity contribution is 6.42. The Morgan fingerprint density at radius 1 is 0.706 bits per heavy atom. The zero-order valence-electron chi connectivity index (χ0n) is 31.1. The van der Waals surface area contributed by atoms with Gasteiger partial charge in [-0.2, -0.15) is 0 Å². The number of ether oxygens (including phenoxy) is 2. The average molecular weight is 781 g/mol. The first kappa shape index (κ1) is 41.6. The van der Waals surface area contributed by atoms with Crippen LogP contribution in [0.2, 0.25) is 20.1 Å². The van der Waals surface area contributed by atoms with E-state index in [2.05, 4.69) is 40.4 Å². The molecule has 0 amide bonds. The number of nitrogens with zero attached hydrogens (tertiary/aromatic N) is 6. The summed E-state index contributed by atoms with van der Waals surface area (Å²) < 4.78 is 17.3. The van der Waals surface area contributed by atoms with Gasteiger partial charge in [0.2, 0.25) is 0 Å². The SMILES string of the molecule is CCCC(OCCN(C)C)(c1ccc(Cl)c(Cl)c1)c1nccn1C.CN(C)CCOC(c1ccc(Cl)c(Cl)c1)(c1nccn1C)C1CCCCC1. The van der Waals surface area contributed by atoms with Crippen molar-refractivity contribution in [2.45, 2.75) is 63.1 Å². The Hall–Kier alpha value is -2.14. The van der Waals surface area contributed by atoms with E-state index in [0.717, 1.165) is 61.5 Å². The summed E-state index contributed by atoms with van der Waals surface area (Å²) in [5.41, 5.74) is 0.754. The van der Waals surface area contributed by atoms with Gasteiger partial charge in [-0.25, -0.2) is 9.97 Å². The molecular weight excluding hydrogens is 726 g/mol. The van der Waals surface area contributed by atoms with Crippen molar-refractivity contribution in [2.75, 3.05) is 54.5 Å². The van der Waals surface area contributed by atoms with Crippen molar-refractivity contribution in [3.05, 3.63) is 104 Å². The topological polar surface area (TPSA) is 60.6 Å². The molecule has 2 aromatic carbocycles. The molecule has 8 nitrogen and oxygen atoms in total.